The molecule has 0 spiro atoms. The van der Waals surface area contributed by atoms with E-state index in [1.807, 2.05) is 39.8 Å². The second-order valence-corrected chi connectivity index (χ2v) is 5.94. The van der Waals surface area contributed by atoms with Crippen molar-refractivity contribution in [3.63, 3.8) is 0 Å². The number of carbonyl (C=O) groups is 2. The number of rotatable bonds is 1. The van der Waals surface area contributed by atoms with Crippen LogP contribution in [0, 0.1) is 6.92 Å². The van der Waals surface area contributed by atoms with Crippen LogP contribution in [0.4, 0.5) is 4.79 Å². The van der Waals surface area contributed by atoms with Crippen molar-refractivity contribution in [1.29, 1.82) is 0 Å². The van der Waals surface area contributed by atoms with Crippen LogP contribution in [0.15, 0.2) is 12.1 Å². The highest BCUT2D eigenvalue weighted by Gasteiger charge is 2.39. The molecule has 1 heterocycles. The Hall–Kier alpha value is -2.04. The van der Waals surface area contributed by atoms with Gasteiger partial charge in [-0.25, -0.2) is 9.59 Å². The minimum absolute atomic E-state index is 0.168. The Morgan fingerprint density at radius 1 is 1.35 bits per heavy atom. The zero-order valence-electron chi connectivity index (χ0n) is 12.4. The van der Waals surface area contributed by atoms with Crippen LogP contribution >= 0.6 is 0 Å². The summed E-state index contributed by atoms with van der Waals surface area (Å²) >= 11 is 0. The van der Waals surface area contributed by atoms with Gasteiger partial charge in [0, 0.05) is 18.2 Å². The van der Waals surface area contributed by atoms with E-state index in [0.717, 1.165) is 11.1 Å². The number of nitrogens with one attached hydrogen (secondary N) is 1. The van der Waals surface area contributed by atoms with Gasteiger partial charge in [0.15, 0.2) is 0 Å². The molecular weight excluding hydrogens is 258 g/mol. The van der Waals surface area contributed by atoms with Crippen LogP contribution in [0.2, 0.25) is 0 Å². The number of amides is 1. The maximum absolute atomic E-state index is 11.9. The van der Waals surface area contributed by atoms with Crippen molar-refractivity contribution in [1.82, 2.24) is 5.32 Å². The maximum atomic E-state index is 11.9. The van der Waals surface area contributed by atoms with E-state index >= 15 is 0 Å². The van der Waals surface area contributed by atoms with Crippen molar-refractivity contribution in [3.8, 4) is 5.75 Å². The van der Waals surface area contributed by atoms with Crippen LogP contribution in [-0.2, 0) is 14.9 Å². The lowest BCUT2D eigenvalue weighted by atomic mass is 9.84. The summed E-state index contributed by atoms with van der Waals surface area (Å²) in [6, 6.07) is 3.82. The number of carbonyl (C=O) groups excluding carboxylic acids is 2. The molecule has 1 aromatic carbocycles. The van der Waals surface area contributed by atoms with Gasteiger partial charge in [-0.15, -0.1) is 0 Å². The van der Waals surface area contributed by atoms with Gasteiger partial charge in [-0.1, -0.05) is 32.4 Å². The molecule has 1 aliphatic heterocycles. The SMILES string of the molecule is CNC(=O)OC1C(=O)Oc2c1cc(C)cc2C(C)(C)C. The quantitative estimate of drug-likeness (QED) is 0.633. The van der Waals surface area contributed by atoms with Gasteiger partial charge in [0.1, 0.15) is 5.75 Å². The lowest BCUT2D eigenvalue weighted by molar-refractivity contribution is -0.141. The fourth-order valence-electron chi connectivity index (χ4n) is 2.23. The molecule has 1 N–H and O–H groups in total. The molecule has 1 aliphatic rings. The van der Waals surface area contributed by atoms with Gasteiger partial charge in [-0.2, -0.15) is 0 Å². The first-order chi connectivity index (χ1) is 9.24. The van der Waals surface area contributed by atoms with Crippen LogP contribution in [0.1, 0.15) is 43.6 Å². The zero-order valence-corrected chi connectivity index (χ0v) is 12.4. The molecule has 1 aromatic rings. The molecule has 5 nitrogen and oxygen atoms in total. The Morgan fingerprint density at radius 2 is 2.00 bits per heavy atom. The van der Waals surface area contributed by atoms with Crippen molar-refractivity contribution < 1.29 is 19.1 Å². The van der Waals surface area contributed by atoms with E-state index in [9.17, 15) is 9.59 Å². The van der Waals surface area contributed by atoms with Gasteiger partial charge in [-0.05, 0) is 18.4 Å². The topological polar surface area (TPSA) is 64.6 Å². The van der Waals surface area contributed by atoms with Gasteiger partial charge in [0.25, 0.3) is 0 Å². The molecule has 20 heavy (non-hydrogen) atoms. The fourth-order valence-corrected chi connectivity index (χ4v) is 2.23. The van der Waals surface area contributed by atoms with Crippen molar-refractivity contribution in [2.24, 2.45) is 0 Å². The fraction of sp³-hybridized carbons (Fsp3) is 0.467. The lowest BCUT2D eigenvalue weighted by Gasteiger charge is -2.22. The third-order valence-corrected chi connectivity index (χ3v) is 3.20. The Kier molecular flexibility index (Phi) is 3.46. The lowest BCUT2D eigenvalue weighted by Crippen LogP contribution is -2.25. The highest BCUT2D eigenvalue weighted by Crippen LogP contribution is 2.43. The standard InChI is InChI=1S/C15H19NO4/c1-8-6-9-11(10(7-8)15(2,3)4)19-13(17)12(9)20-14(18)16-5/h6-7,12H,1-5H3,(H,16,18). The average Bonchev–Trinajstić information content (AvgIpc) is 2.64. The summed E-state index contributed by atoms with van der Waals surface area (Å²) in [5.41, 5.74) is 2.38. The summed E-state index contributed by atoms with van der Waals surface area (Å²) in [5, 5.41) is 2.33. The average molecular weight is 277 g/mol. The van der Waals surface area contributed by atoms with Gasteiger partial charge in [0.2, 0.25) is 6.10 Å². The first kappa shape index (κ1) is 14.4. The number of alkyl carbamates (subject to hydrolysis) is 1. The molecule has 0 radical (unpaired) electrons. The first-order valence-corrected chi connectivity index (χ1v) is 6.49. The number of hydrogen-bond acceptors (Lipinski definition) is 4. The van der Waals surface area contributed by atoms with E-state index in [0.29, 0.717) is 11.3 Å². The van der Waals surface area contributed by atoms with Crippen LogP contribution in [0.3, 0.4) is 0 Å². The highest BCUT2D eigenvalue weighted by atomic mass is 16.6. The van der Waals surface area contributed by atoms with Crippen molar-refractivity contribution in [2.45, 2.75) is 39.2 Å². The molecule has 108 valence electrons. The molecule has 2 rings (SSSR count). The van der Waals surface area contributed by atoms with Crippen LogP contribution in [0.5, 0.6) is 5.75 Å². The largest absolute Gasteiger partial charge is 0.429 e. The minimum atomic E-state index is -0.994. The van der Waals surface area contributed by atoms with E-state index in [-0.39, 0.29) is 5.41 Å². The monoisotopic (exact) mass is 277 g/mol. The Morgan fingerprint density at radius 3 is 2.55 bits per heavy atom. The molecular formula is C15H19NO4. The smallest absolute Gasteiger partial charge is 0.408 e. The third kappa shape index (κ3) is 2.48. The summed E-state index contributed by atoms with van der Waals surface area (Å²) < 4.78 is 10.4. The van der Waals surface area contributed by atoms with Gasteiger partial charge in [-0.3, -0.25) is 0 Å². The number of benzene rings is 1. The normalized spacial score (nSPS) is 17.4. The van der Waals surface area contributed by atoms with E-state index < -0.39 is 18.2 Å². The van der Waals surface area contributed by atoms with Crippen LogP contribution in [0.25, 0.3) is 0 Å². The number of esters is 1. The van der Waals surface area contributed by atoms with Gasteiger partial charge < -0.3 is 14.8 Å². The molecule has 1 unspecified atom stereocenters. The van der Waals surface area contributed by atoms with Crippen LogP contribution in [-0.4, -0.2) is 19.1 Å². The third-order valence-electron chi connectivity index (χ3n) is 3.20. The van der Waals surface area contributed by atoms with E-state index in [4.69, 9.17) is 9.47 Å². The predicted octanol–water partition coefficient (Wildman–Crippen LogP) is 2.61. The number of ether oxygens (including phenoxy) is 2. The molecule has 1 amide bonds. The highest BCUT2D eigenvalue weighted by molar-refractivity contribution is 5.87. The number of aryl methyl sites for hydroxylation is 1. The Labute approximate surface area is 118 Å². The van der Waals surface area contributed by atoms with Crippen LogP contribution < -0.4 is 10.1 Å². The Balaban J connectivity index is 2.51. The van der Waals surface area contributed by atoms with Gasteiger partial charge in [0.05, 0.1) is 0 Å². The molecule has 5 heteroatoms. The zero-order chi connectivity index (χ0) is 15.1. The molecule has 0 saturated heterocycles. The number of hydrogen-bond donors (Lipinski definition) is 1. The Bertz CT molecular complexity index is 572. The van der Waals surface area contributed by atoms with E-state index in [1.54, 1.807) is 0 Å². The predicted molar refractivity (Wildman–Crippen MR) is 73.8 cm³/mol. The maximum Gasteiger partial charge on any atom is 0.408 e. The molecule has 0 aliphatic carbocycles. The van der Waals surface area contributed by atoms with Crippen molar-refractivity contribution >= 4 is 12.1 Å². The molecule has 1 atom stereocenters. The minimum Gasteiger partial charge on any atom is -0.429 e. The summed E-state index contributed by atoms with van der Waals surface area (Å²) in [6.07, 6.45) is -1.65. The molecule has 0 saturated carbocycles. The van der Waals surface area contributed by atoms with Crippen molar-refractivity contribution in [2.75, 3.05) is 7.05 Å². The molecule has 0 aromatic heterocycles. The summed E-state index contributed by atoms with van der Waals surface area (Å²) in [4.78, 5) is 23.3. The number of fused-ring (bicyclic) bond motifs is 1. The first-order valence-electron chi connectivity index (χ1n) is 6.49. The summed E-state index contributed by atoms with van der Waals surface area (Å²) in [7, 11) is 1.44. The second kappa shape index (κ2) is 4.81. The van der Waals surface area contributed by atoms with Gasteiger partial charge >= 0.3 is 12.1 Å². The van der Waals surface area contributed by atoms with E-state index in [2.05, 4.69) is 5.32 Å². The summed E-state index contributed by atoms with van der Waals surface area (Å²) in [6.45, 7) is 8.07. The van der Waals surface area contributed by atoms with Crippen molar-refractivity contribution in [3.05, 3.63) is 28.8 Å². The summed E-state index contributed by atoms with van der Waals surface area (Å²) in [5.74, 6) is -0.0401. The second-order valence-electron chi connectivity index (χ2n) is 5.94. The molecule has 0 fully saturated rings. The molecule has 0 bridgehead atoms. The van der Waals surface area contributed by atoms with E-state index in [1.165, 1.54) is 7.05 Å².